The zero-order chi connectivity index (χ0) is 16.8. The van der Waals surface area contributed by atoms with Crippen LogP contribution in [0.3, 0.4) is 0 Å². The molecule has 0 unspecified atom stereocenters. The van der Waals surface area contributed by atoms with E-state index in [1.807, 2.05) is 18.4 Å². The highest BCUT2D eigenvalue weighted by Crippen LogP contribution is 2.21. The van der Waals surface area contributed by atoms with Crippen molar-refractivity contribution in [2.45, 2.75) is 17.0 Å². The summed E-state index contributed by atoms with van der Waals surface area (Å²) >= 11 is 1.58. The normalized spacial score (nSPS) is 13.4. The summed E-state index contributed by atoms with van der Waals surface area (Å²) in [6.45, 7) is -0.418. The van der Waals surface area contributed by atoms with E-state index in [-0.39, 0.29) is 5.56 Å². The summed E-state index contributed by atoms with van der Waals surface area (Å²) in [5.74, 6) is -0.919. The van der Waals surface area contributed by atoms with Crippen LogP contribution in [0, 0.1) is 5.82 Å². The van der Waals surface area contributed by atoms with Crippen LogP contribution in [0.15, 0.2) is 53.4 Å². The Hall–Kier alpha value is -1.89. The van der Waals surface area contributed by atoms with Gasteiger partial charge in [-0.1, -0.05) is 12.1 Å². The Labute approximate surface area is 138 Å². The van der Waals surface area contributed by atoms with Gasteiger partial charge in [0.2, 0.25) is 0 Å². The molecule has 0 radical (unpaired) electrons. The lowest BCUT2D eigenvalue weighted by Gasteiger charge is -2.22. The second kappa shape index (κ2) is 8.10. The third kappa shape index (κ3) is 4.54. The molecule has 2 rings (SSSR count). The molecule has 0 aromatic heterocycles. The summed E-state index contributed by atoms with van der Waals surface area (Å²) < 4.78 is 12.9. The summed E-state index contributed by atoms with van der Waals surface area (Å²) in [5.41, 5.74) is 0.857. The molecule has 0 bridgehead atoms. The van der Waals surface area contributed by atoms with Crippen LogP contribution in [-0.2, 0) is 0 Å². The van der Waals surface area contributed by atoms with Gasteiger partial charge in [-0.05, 0) is 48.2 Å². The third-order valence-corrected chi connectivity index (χ3v) is 4.20. The molecule has 0 spiro atoms. The molecule has 0 saturated carbocycles. The predicted molar refractivity (Wildman–Crippen MR) is 87.9 cm³/mol. The molecule has 122 valence electrons. The number of thioether (sulfide) groups is 1. The Morgan fingerprint density at radius 2 is 1.78 bits per heavy atom. The van der Waals surface area contributed by atoms with Gasteiger partial charge in [0, 0.05) is 10.5 Å². The maximum Gasteiger partial charge on any atom is 0.251 e. The average Bonchev–Trinajstić information content (AvgIpc) is 2.59. The Balaban J connectivity index is 2.08. The molecule has 3 N–H and O–H groups in total. The highest BCUT2D eigenvalue weighted by Gasteiger charge is 2.22. The minimum absolute atomic E-state index is 0.259. The molecular formula is C17H18FNO3S. The smallest absolute Gasteiger partial charge is 0.251 e. The zero-order valence-electron chi connectivity index (χ0n) is 12.6. The van der Waals surface area contributed by atoms with Crippen LogP contribution in [0.5, 0.6) is 0 Å². The number of benzene rings is 2. The topological polar surface area (TPSA) is 69.6 Å². The Morgan fingerprint density at radius 1 is 1.17 bits per heavy atom. The Kier molecular flexibility index (Phi) is 6.15. The molecule has 0 aliphatic carbocycles. The van der Waals surface area contributed by atoms with E-state index in [1.54, 1.807) is 23.9 Å². The van der Waals surface area contributed by atoms with Crippen LogP contribution in [0.2, 0.25) is 0 Å². The first-order chi connectivity index (χ1) is 11.0. The number of carbonyl (C=O) groups excluding carboxylic acids is 1. The minimum Gasteiger partial charge on any atom is -0.394 e. The predicted octanol–water partition coefficient (Wildman–Crippen LogP) is 2.37. The molecule has 4 nitrogen and oxygen atoms in total. The van der Waals surface area contributed by atoms with Gasteiger partial charge < -0.3 is 15.5 Å². The number of hydrogen-bond acceptors (Lipinski definition) is 4. The van der Waals surface area contributed by atoms with Crippen LogP contribution < -0.4 is 5.32 Å². The SMILES string of the molecule is CSc1ccc([C@H](O)[C@H](CO)NC(=O)c2ccc(F)cc2)cc1. The van der Waals surface area contributed by atoms with E-state index in [0.717, 1.165) is 4.90 Å². The van der Waals surface area contributed by atoms with Crippen molar-refractivity contribution in [3.05, 3.63) is 65.5 Å². The Morgan fingerprint density at radius 3 is 2.30 bits per heavy atom. The van der Waals surface area contributed by atoms with Gasteiger partial charge in [0.15, 0.2) is 0 Å². The van der Waals surface area contributed by atoms with Gasteiger partial charge in [-0.15, -0.1) is 11.8 Å². The van der Waals surface area contributed by atoms with E-state index in [2.05, 4.69) is 5.32 Å². The number of aliphatic hydroxyl groups excluding tert-OH is 2. The summed E-state index contributed by atoms with van der Waals surface area (Å²) in [5, 5.41) is 22.4. The number of nitrogens with one attached hydrogen (secondary N) is 1. The van der Waals surface area contributed by atoms with Crippen molar-refractivity contribution in [3.63, 3.8) is 0 Å². The van der Waals surface area contributed by atoms with E-state index in [4.69, 9.17) is 0 Å². The third-order valence-electron chi connectivity index (χ3n) is 3.46. The van der Waals surface area contributed by atoms with Crippen molar-refractivity contribution in [1.29, 1.82) is 0 Å². The summed E-state index contributed by atoms with van der Waals surface area (Å²) in [6, 6.07) is 11.4. The van der Waals surface area contributed by atoms with Gasteiger partial charge in [0.1, 0.15) is 11.9 Å². The minimum atomic E-state index is -1.04. The van der Waals surface area contributed by atoms with E-state index in [9.17, 15) is 19.4 Å². The van der Waals surface area contributed by atoms with Crippen molar-refractivity contribution >= 4 is 17.7 Å². The van der Waals surface area contributed by atoms with Crippen LogP contribution in [-0.4, -0.2) is 35.0 Å². The van der Waals surface area contributed by atoms with Crippen LogP contribution >= 0.6 is 11.8 Å². The lowest BCUT2D eigenvalue weighted by atomic mass is 10.0. The maximum atomic E-state index is 12.9. The van der Waals surface area contributed by atoms with Crippen molar-refractivity contribution in [2.75, 3.05) is 12.9 Å². The fourth-order valence-corrected chi connectivity index (χ4v) is 2.52. The standard InChI is InChI=1S/C17H18FNO3S/c1-23-14-8-4-11(5-9-14)16(21)15(10-20)19-17(22)12-2-6-13(18)7-3-12/h2-9,15-16,20-21H,10H2,1H3,(H,19,22)/t15-,16-/m0/s1. The molecule has 0 fully saturated rings. The largest absolute Gasteiger partial charge is 0.394 e. The molecule has 0 saturated heterocycles. The van der Waals surface area contributed by atoms with Gasteiger partial charge in [-0.3, -0.25) is 4.79 Å². The monoisotopic (exact) mass is 335 g/mol. The van der Waals surface area contributed by atoms with Crippen molar-refractivity contribution in [2.24, 2.45) is 0 Å². The molecular weight excluding hydrogens is 317 g/mol. The lowest BCUT2D eigenvalue weighted by molar-refractivity contribution is 0.0703. The molecule has 2 atom stereocenters. The van der Waals surface area contributed by atoms with E-state index < -0.39 is 30.5 Å². The zero-order valence-corrected chi connectivity index (χ0v) is 13.4. The molecule has 0 heterocycles. The molecule has 1 amide bonds. The molecule has 0 aliphatic rings. The van der Waals surface area contributed by atoms with E-state index in [1.165, 1.54) is 24.3 Å². The van der Waals surface area contributed by atoms with Crippen LogP contribution in [0.1, 0.15) is 22.0 Å². The second-order valence-electron chi connectivity index (χ2n) is 4.99. The van der Waals surface area contributed by atoms with Crippen molar-refractivity contribution in [1.82, 2.24) is 5.32 Å². The number of carbonyl (C=O) groups is 1. The molecule has 2 aromatic rings. The van der Waals surface area contributed by atoms with Crippen molar-refractivity contribution in [3.8, 4) is 0 Å². The molecule has 0 aliphatic heterocycles. The number of amides is 1. The highest BCUT2D eigenvalue weighted by atomic mass is 32.2. The number of aliphatic hydroxyl groups is 2. The van der Waals surface area contributed by atoms with Gasteiger partial charge in [0.25, 0.3) is 5.91 Å². The summed E-state index contributed by atoms with van der Waals surface area (Å²) in [7, 11) is 0. The van der Waals surface area contributed by atoms with Gasteiger partial charge in [0.05, 0.1) is 12.6 Å². The summed E-state index contributed by atoms with van der Waals surface area (Å²) in [4.78, 5) is 13.2. The molecule has 2 aromatic carbocycles. The van der Waals surface area contributed by atoms with E-state index in [0.29, 0.717) is 5.56 Å². The van der Waals surface area contributed by atoms with Crippen LogP contribution in [0.25, 0.3) is 0 Å². The fourth-order valence-electron chi connectivity index (χ4n) is 2.11. The Bertz CT molecular complexity index is 646. The number of hydrogen-bond donors (Lipinski definition) is 3. The quantitative estimate of drug-likeness (QED) is 0.709. The second-order valence-corrected chi connectivity index (χ2v) is 5.87. The lowest BCUT2D eigenvalue weighted by Crippen LogP contribution is -2.41. The highest BCUT2D eigenvalue weighted by molar-refractivity contribution is 7.98. The average molecular weight is 335 g/mol. The van der Waals surface area contributed by atoms with Gasteiger partial charge in [-0.25, -0.2) is 4.39 Å². The first kappa shape index (κ1) is 17.5. The molecule has 6 heteroatoms. The first-order valence-electron chi connectivity index (χ1n) is 7.04. The van der Waals surface area contributed by atoms with Gasteiger partial charge in [-0.2, -0.15) is 0 Å². The maximum absolute atomic E-state index is 12.9. The summed E-state index contributed by atoms with van der Waals surface area (Å²) in [6.07, 6.45) is 0.908. The first-order valence-corrected chi connectivity index (χ1v) is 8.27. The van der Waals surface area contributed by atoms with Crippen molar-refractivity contribution < 1.29 is 19.4 Å². The van der Waals surface area contributed by atoms with Gasteiger partial charge >= 0.3 is 0 Å². The van der Waals surface area contributed by atoms with E-state index >= 15 is 0 Å². The van der Waals surface area contributed by atoms with Crippen LogP contribution in [0.4, 0.5) is 4.39 Å². The number of rotatable bonds is 6. The fraction of sp³-hybridized carbons (Fsp3) is 0.235. The molecule has 23 heavy (non-hydrogen) atoms. The number of halogens is 1.